The van der Waals surface area contributed by atoms with Crippen LogP contribution in [-0.2, 0) is 9.59 Å². The molecule has 0 saturated carbocycles. The number of nitrogens with two attached hydrogens (primary N) is 1. The second-order valence-electron chi connectivity index (χ2n) is 6.02. The van der Waals surface area contributed by atoms with Crippen molar-refractivity contribution in [2.24, 2.45) is 5.73 Å². The van der Waals surface area contributed by atoms with Crippen molar-refractivity contribution in [3.63, 3.8) is 0 Å². The third kappa shape index (κ3) is 7.85. The molecule has 0 radical (unpaired) electrons. The minimum atomic E-state index is -1.41. The van der Waals surface area contributed by atoms with Gasteiger partial charge in [-0.2, -0.15) is 11.8 Å². The molecule has 1 unspecified atom stereocenters. The summed E-state index contributed by atoms with van der Waals surface area (Å²) in [5.41, 5.74) is 11.0. The van der Waals surface area contributed by atoms with Crippen molar-refractivity contribution in [3.05, 3.63) is 29.8 Å². The molecule has 1 aromatic carbocycles. The minimum absolute atomic E-state index is 0.216. The van der Waals surface area contributed by atoms with Gasteiger partial charge in [-0.25, -0.2) is 0 Å². The van der Waals surface area contributed by atoms with Gasteiger partial charge in [0, 0.05) is 24.2 Å². The van der Waals surface area contributed by atoms with Crippen molar-refractivity contribution in [2.75, 3.05) is 11.1 Å². The third-order valence-electron chi connectivity index (χ3n) is 3.34. The third-order valence-corrected chi connectivity index (χ3v) is 4.48. The molecule has 0 aliphatic carbocycles. The Morgan fingerprint density at radius 3 is 2.31 bits per heavy atom. The second kappa shape index (κ2) is 10.8. The van der Waals surface area contributed by atoms with Gasteiger partial charge in [-0.05, 0) is 41.7 Å². The summed E-state index contributed by atoms with van der Waals surface area (Å²) in [6, 6.07) is 5.41. The Labute approximate surface area is 157 Å². The van der Waals surface area contributed by atoms with Gasteiger partial charge in [-0.3, -0.25) is 25.2 Å². The molecule has 26 heavy (non-hydrogen) atoms. The number of hydrogen-bond donors (Lipinski definition) is 5. The van der Waals surface area contributed by atoms with Gasteiger partial charge in [0.1, 0.15) is 6.10 Å². The van der Waals surface area contributed by atoms with E-state index >= 15 is 0 Å². The summed E-state index contributed by atoms with van der Waals surface area (Å²) in [4.78, 5) is 34.8. The molecule has 0 aliphatic heterocycles. The molecule has 0 aromatic heterocycles. The zero-order valence-electron chi connectivity index (χ0n) is 15.1. The fourth-order valence-corrected chi connectivity index (χ4v) is 2.84. The lowest BCUT2D eigenvalue weighted by Gasteiger charge is -2.18. The maximum Gasteiger partial charge on any atom is 0.269 e. The summed E-state index contributed by atoms with van der Waals surface area (Å²) in [6.07, 6.45) is -0.930. The summed E-state index contributed by atoms with van der Waals surface area (Å²) < 4.78 is 0. The SMILES string of the molecule is CC(=O)Nc1ccc(C(=O)NNC(=O)C(O)[C@H](N)CCSC(C)C)cc1. The summed E-state index contributed by atoms with van der Waals surface area (Å²) >= 11 is 1.69. The molecule has 0 aliphatic rings. The van der Waals surface area contributed by atoms with E-state index in [1.165, 1.54) is 19.1 Å². The normalized spacial score (nSPS) is 13.0. The van der Waals surface area contributed by atoms with Crippen LogP contribution >= 0.6 is 11.8 Å². The van der Waals surface area contributed by atoms with Gasteiger partial charge in [-0.15, -0.1) is 0 Å². The van der Waals surface area contributed by atoms with Crippen LogP contribution in [0.15, 0.2) is 24.3 Å². The molecule has 1 aromatic rings. The number of hydrogen-bond acceptors (Lipinski definition) is 6. The molecular weight excluding hydrogens is 356 g/mol. The van der Waals surface area contributed by atoms with Crippen LogP contribution in [0.25, 0.3) is 0 Å². The van der Waals surface area contributed by atoms with E-state index in [4.69, 9.17) is 5.73 Å². The molecule has 3 amide bonds. The molecule has 1 rings (SSSR count). The fourth-order valence-electron chi connectivity index (χ4n) is 1.96. The first kappa shape index (κ1) is 21.9. The van der Waals surface area contributed by atoms with Crippen LogP contribution in [0.2, 0.25) is 0 Å². The molecule has 2 atom stereocenters. The number of thioether (sulfide) groups is 1. The maximum absolute atomic E-state index is 12.0. The number of amides is 3. The van der Waals surface area contributed by atoms with Gasteiger partial charge < -0.3 is 16.2 Å². The van der Waals surface area contributed by atoms with Crippen molar-refractivity contribution < 1.29 is 19.5 Å². The smallest absolute Gasteiger partial charge is 0.269 e. The average Bonchev–Trinajstić information content (AvgIpc) is 2.58. The highest BCUT2D eigenvalue weighted by Crippen LogP contribution is 2.12. The molecular formula is C17H26N4O4S. The van der Waals surface area contributed by atoms with Crippen molar-refractivity contribution in [1.82, 2.24) is 10.9 Å². The maximum atomic E-state index is 12.0. The standard InChI is InChI=1S/C17H26N4O4S/c1-10(2)26-9-8-14(18)15(23)17(25)21-20-16(24)12-4-6-13(7-5-12)19-11(3)22/h4-7,10,14-15,23H,8-9,18H2,1-3H3,(H,19,22)(H,20,24)(H,21,25)/t14-,15?/m1/s1. The monoisotopic (exact) mass is 382 g/mol. The molecule has 0 heterocycles. The largest absolute Gasteiger partial charge is 0.382 e. The van der Waals surface area contributed by atoms with Crippen molar-refractivity contribution in [1.29, 1.82) is 0 Å². The molecule has 0 bridgehead atoms. The summed E-state index contributed by atoms with van der Waals surface area (Å²) in [7, 11) is 0. The van der Waals surface area contributed by atoms with Crippen LogP contribution in [-0.4, -0.2) is 46.0 Å². The number of rotatable bonds is 8. The predicted molar refractivity (Wildman–Crippen MR) is 103 cm³/mol. The predicted octanol–water partition coefficient (Wildman–Crippen LogP) is 0.626. The number of aliphatic hydroxyl groups excluding tert-OH is 1. The van der Waals surface area contributed by atoms with Gasteiger partial charge in [0.05, 0.1) is 0 Å². The topological polar surface area (TPSA) is 134 Å². The molecule has 9 heteroatoms. The Hall–Kier alpha value is -2.10. The molecule has 144 valence electrons. The van der Waals surface area contributed by atoms with Crippen molar-refractivity contribution in [2.45, 2.75) is 44.6 Å². The zero-order chi connectivity index (χ0) is 19.7. The van der Waals surface area contributed by atoms with Crippen molar-refractivity contribution >= 4 is 35.2 Å². The van der Waals surface area contributed by atoms with Crippen LogP contribution in [0.1, 0.15) is 37.6 Å². The fraction of sp³-hybridized carbons (Fsp3) is 0.471. The number of nitrogens with one attached hydrogen (secondary N) is 3. The molecule has 0 fully saturated rings. The lowest BCUT2D eigenvalue weighted by molar-refractivity contribution is -0.131. The Balaban J connectivity index is 2.45. The van der Waals surface area contributed by atoms with E-state index in [9.17, 15) is 19.5 Å². The van der Waals surface area contributed by atoms with E-state index in [-0.39, 0.29) is 11.5 Å². The van der Waals surface area contributed by atoms with Crippen LogP contribution in [0, 0.1) is 0 Å². The van der Waals surface area contributed by atoms with E-state index < -0.39 is 24.0 Å². The second-order valence-corrected chi connectivity index (χ2v) is 7.70. The first-order valence-electron chi connectivity index (χ1n) is 8.23. The number of benzene rings is 1. The minimum Gasteiger partial charge on any atom is -0.382 e. The first-order chi connectivity index (χ1) is 12.2. The summed E-state index contributed by atoms with van der Waals surface area (Å²) in [6.45, 7) is 5.49. The van der Waals surface area contributed by atoms with Gasteiger partial charge >= 0.3 is 0 Å². The first-order valence-corrected chi connectivity index (χ1v) is 9.28. The molecule has 0 saturated heterocycles. The Morgan fingerprint density at radius 2 is 1.77 bits per heavy atom. The van der Waals surface area contributed by atoms with E-state index in [0.29, 0.717) is 17.4 Å². The number of anilines is 1. The van der Waals surface area contributed by atoms with E-state index in [0.717, 1.165) is 5.75 Å². The quantitative estimate of drug-likeness (QED) is 0.419. The lowest BCUT2D eigenvalue weighted by atomic mass is 10.1. The van der Waals surface area contributed by atoms with Crippen LogP contribution < -0.4 is 21.9 Å². The Morgan fingerprint density at radius 1 is 1.15 bits per heavy atom. The lowest BCUT2D eigenvalue weighted by Crippen LogP contribution is -2.52. The molecule has 8 nitrogen and oxygen atoms in total. The zero-order valence-corrected chi connectivity index (χ0v) is 15.9. The van der Waals surface area contributed by atoms with E-state index in [2.05, 4.69) is 30.0 Å². The van der Waals surface area contributed by atoms with Crippen LogP contribution in [0.4, 0.5) is 5.69 Å². The summed E-state index contributed by atoms with van der Waals surface area (Å²) in [5.74, 6) is -0.804. The van der Waals surface area contributed by atoms with E-state index in [1.807, 2.05) is 0 Å². The van der Waals surface area contributed by atoms with Crippen molar-refractivity contribution in [3.8, 4) is 0 Å². The average molecular weight is 382 g/mol. The molecule has 6 N–H and O–H groups in total. The highest BCUT2D eigenvalue weighted by molar-refractivity contribution is 7.99. The Bertz CT molecular complexity index is 622. The van der Waals surface area contributed by atoms with E-state index in [1.54, 1.807) is 23.9 Å². The summed E-state index contributed by atoms with van der Waals surface area (Å²) in [5, 5.41) is 12.9. The van der Waals surface area contributed by atoms with Gasteiger partial charge in [0.15, 0.2) is 0 Å². The number of carbonyl (C=O) groups excluding carboxylic acids is 3. The van der Waals surface area contributed by atoms with Gasteiger partial charge in [0.25, 0.3) is 11.8 Å². The van der Waals surface area contributed by atoms with Gasteiger partial charge in [0.2, 0.25) is 5.91 Å². The number of carbonyl (C=O) groups is 3. The molecule has 0 spiro atoms. The number of aliphatic hydroxyl groups is 1. The highest BCUT2D eigenvalue weighted by Gasteiger charge is 2.23. The highest BCUT2D eigenvalue weighted by atomic mass is 32.2. The van der Waals surface area contributed by atoms with Crippen LogP contribution in [0.5, 0.6) is 0 Å². The Kier molecular flexibility index (Phi) is 9.11. The van der Waals surface area contributed by atoms with Crippen LogP contribution in [0.3, 0.4) is 0 Å². The number of hydrazine groups is 1. The van der Waals surface area contributed by atoms with Gasteiger partial charge in [-0.1, -0.05) is 13.8 Å².